The van der Waals surface area contributed by atoms with Gasteiger partial charge in [-0.05, 0) is 76.2 Å². The number of carbonyl (C=O) groups is 1. The molecule has 6 nitrogen and oxygen atoms in total. The molecule has 3 rings (SSSR count). The van der Waals surface area contributed by atoms with Gasteiger partial charge in [-0.3, -0.25) is 14.7 Å². The van der Waals surface area contributed by atoms with E-state index >= 15 is 0 Å². The second kappa shape index (κ2) is 10.7. The van der Waals surface area contributed by atoms with Crippen LogP contribution >= 0.6 is 11.6 Å². The third kappa shape index (κ3) is 5.96. The molecule has 3 aromatic rings. The number of anilines is 1. The van der Waals surface area contributed by atoms with Crippen molar-refractivity contribution in [2.45, 2.75) is 59.2 Å². The van der Waals surface area contributed by atoms with E-state index < -0.39 is 0 Å². The Kier molecular flexibility index (Phi) is 8.04. The van der Waals surface area contributed by atoms with Gasteiger partial charge in [0.25, 0.3) is 5.91 Å². The quantitative estimate of drug-likeness (QED) is 0.484. The van der Waals surface area contributed by atoms with Crippen molar-refractivity contribution in [1.82, 2.24) is 20.2 Å². The molecule has 0 saturated carbocycles. The molecule has 0 spiro atoms. The summed E-state index contributed by atoms with van der Waals surface area (Å²) in [6.45, 7) is 10.2. The summed E-state index contributed by atoms with van der Waals surface area (Å²) in [6, 6.07) is 10.5. The smallest absolute Gasteiger partial charge is 0.253 e. The van der Waals surface area contributed by atoms with Crippen molar-refractivity contribution in [3.8, 4) is 0 Å². The Morgan fingerprint density at radius 3 is 2.59 bits per heavy atom. The zero-order valence-electron chi connectivity index (χ0n) is 19.2. The van der Waals surface area contributed by atoms with Crippen LogP contribution in [0.25, 0.3) is 10.8 Å². The minimum Gasteiger partial charge on any atom is -0.383 e. The van der Waals surface area contributed by atoms with Crippen molar-refractivity contribution in [1.29, 1.82) is 0 Å². The summed E-state index contributed by atoms with van der Waals surface area (Å²) < 4.78 is 0. The summed E-state index contributed by atoms with van der Waals surface area (Å²) in [5.41, 5.74) is 8.22. The molecule has 1 amide bonds. The van der Waals surface area contributed by atoms with Crippen molar-refractivity contribution < 1.29 is 4.79 Å². The van der Waals surface area contributed by atoms with Gasteiger partial charge in [0.1, 0.15) is 5.82 Å². The number of nitrogen functional groups attached to an aromatic ring is 1. The van der Waals surface area contributed by atoms with Crippen LogP contribution in [0.3, 0.4) is 0 Å². The van der Waals surface area contributed by atoms with Gasteiger partial charge in [-0.1, -0.05) is 23.7 Å². The van der Waals surface area contributed by atoms with Crippen LogP contribution in [0.5, 0.6) is 0 Å². The lowest BCUT2D eigenvalue weighted by atomic mass is 10.1. The number of nitrogens with zero attached hydrogens (tertiary/aromatic N) is 3. The fourth-order valence-electron chi connectivity index (χ4n) is 4.04. The molecule has 2 heterocycles. The van der Waals surface area contributed by atoms with Crippen LogP contribution in [-0.4, -0.2) is 39.4 Å². The highest BCUT2D eigenvalue weighted by molar-refractivity contribution is 6.30. The van der Waals surface area contributed by atoms with Crippen molar-refractivity contribution in [2.24, 2.45) is 0 Å². The van der Waals surface area contributed by atoms with E-state index in [1.807, 2.05) is 24.3 Å². The summed E-state index contributed by atoms with van der Waals surface area (Å²) in [7, 11) is 0. The molecule has 0 fully saturated rings. The minimum atomic E-state index is -0.172. The molecule has 0 aliphatic carbocycles. The lowest BCUT2D eigenvalue weighted by Gasteiger charge is -2.30. The number of nitrogens with one attached hydrogen (secondary N) is 1. The molecule has 0 unspecified atom stereocenters. The summed E-state index contributed by atoms with van der Waals surface area (Å²) in [4.78, 5) is 24.0. The number of nitrogens with two attached hydrogens (primary N) is 1. The van der Waals surface area contributed by atoms with Gasteiger partial charge in [0, 0.05) is 36.4 Å². The fourth-order valence-corrected chi connectivity index (χ4v) is 4.20. The summed E-state index contributed by atoms with van der Waals surface area (Å²) in [5.74, 6) is 0.329. The first-order valence-electron chi connectivity index (χ1n) is 11.1. The van der Waals surface area contributed by atoms with Gasteiger partial charge < -0.3 is 11.1 Å². The second-order valence-electron chi connectivity index (χ2n) is 8.61. The van der Waals surface area contributed by atoms with E-state index in [1.54, 1.807) is 18.5 Å². The zero-order valence-corrected chi connectivity index (χ0v) is 20.0. The number of hydrogen-bond donors (Lipinski definition) is 2. The molecule has 0 bridgehead atoms. The van der Waals surface area contributed by atoms with Crippen LogP contribution in [-0.2, 0) is 13.0 Å². The number of benzene rings is 1. The number of amides is 1. The monoisotopic (exact) mass is 453 g/mol. The normalized spacial score (nSPS) is 11.6. The average molecular weight is 454 g/mol. The van der Waals surface area contributed by atoms with Gasteiger partial charge >= 0.3 is 0 Å². The van der Waals surface area contributed by atoms with E-state index in [0.717, 1.165) is 41.4 Å². The van der Waals surface area contributed by atoms with Crippen molar-refractivity contribution in [3.05, 3.63) is 64.6 Å². The number of halogens is 1. The molecule has 0 aliphatic rings. The molecule has 0 aliphatic heterocycles. The van der Waals surface area contributed by atoms with Gasteiger partial charge in [-0.2, -0.15) is 0 Å². The van der Waals surface area contributed by atoms with Crippen molar-refractivity contribution in [2.75, 3.05) is 12.3 Å². The van der Waals surface area contributed by atoms with Gasteiger partial charge in [0.15, 0.2) is 0 Å². The number of rotatable bonds is 9. The number of pyridine rings is 2. The third-order valence-electron chi connectivity index (χ3n) is 5.65. The molecule has 32 heavy (non-hydrogen) atoms. The highest BCUT2D eigenvalue weighted by Crippen LogP contribution is 2.20. The van der Waals surface area contributed by atoms with Crippen LogP contribution in [0.15, 0.2) is 42.7 Å². The maximum atomic E-state index is 13.0. The largest absolute Gasteiger partial charge is 0.383 e. The van der Waals surface area contributed by atoms with E-state index in [-0.39, 0.29) is 5.91 Å². The van der Waals surface area contributed by atoms with Crippen molar-refractivity contribution >= 4 is 34.1 Å². The van der Waals surface area contributed by atoms with E-state index in [2.05, 4.69) is 47.9 Å². The molecule has 0 saturated heterocycles. The molecule has 0 radical (unpaired) electrons. The van der Waals surface area contributed by atoms with Crippen LogP contribution in [0.2, 0.25) is 5.02 Å². The second-order valence-corrected chi connectivity index (χ2v) is 9.05. The molecular weight excluding hydrogens is 422 g/mol. The van der Waals surface area contributed by atoms with Crippen molar-refractivity contribution in [3.63, 3.8) is 0 Å². The maximum Gasteiger partial charge on any atom is 0.253 e. The number of aromatic nitrogens is 2. The summed E-state index contributed by atoms with van der Waals surface area (Å²) in [6.07, 6.45) is 4.94. The Morgan fingerprint density at radius 2 is 1.88 bits per heavy atom. The average Bonchev–Trinajstić information content (AvgIpc) is 2.75. The summed E-state index contributed by atoms with van der Waals surface area (Å²) >= 11 is 6.16. The number of aryl methyl sites for hydroxylation is 1. The Labute approximate surface area is 195 Å². The molecule has 2 aromatic heterocycles. The number of fused-ring (bicyclic) bond motifs is 1. The standard InChI is InChI=1S/C25H32ClN5O/c1-16(2)31(17(3)4)11-5-6-23-22(13-20(26)15-29-23)25(32)30-14-18-7-8-21-19(12-18)9-10-28-24(21)27/h7-10,12-13,15-17H,5-6,11,14H2,1-4H3,(H2,27,28)(H,30,32). The summed E-state index contributed by atoms with van der Waals surface area (Å²) in [5, 5.41) is 5.36. The van der Waals surface area contributed by atoms with Crippen LogP contribution in [0.1, 0.15) is 55.7 Å². The minimum absolute atomic E-state index is 0.172. The lowest BCUT2D eigenvalue weighted by Crippen LogP contribution is -2.37. The van der Waals surface area contributed by atoms with E-state index in [1.165, 1.54) is 0 Å². The van der Waals surface area contributed by atoms with Gasteiger partial charge in [0.05, 0.1) is 16.3 Å². The lowest BCUT2D eigenvalue weighted by molar-refractivity contribution is 0.0949. The first-order valence-corrected chi connectivity index (χ1v) is 11.5. The Balaban J connectivity index is 1.68. The highest BCUT2D eigenvalue weighted by atomic mass is 35.5. The Hall–Kier alpha value is -2.70. The van der Waals surface area contributed by atoms with E-state index in [4.69, 9.17) is 17.3 Å². The van der Waals surface area contributed by atoms with Crippen LogP contribution < -0.4 is 11.1 Å². The molecule has 7 heteroatoms. The van der Waals surface area contributed by atoms with Gasteiger partial charge in [-0.25, -0.2) is 4.98 Å². The highest BCUT2D eigenvalue weighted by Gasteiger charge is 2.16. The topological polar surface area (TPSA) is 84.1 Å². The van der Waals surface area contributed by atoms with Crippen LogP contribution in [0.4, 0.5) is 5.82 Å². The fraction of sp³-hybridized carbons (Fsp3) is 0.400. The molecule has 3 N–H and O–H groups in total. The maximum absolute atomic E-state index is 13.0. The molecular formula is C25H32ClN5O. The SMILES string of the molecule is CC(C)N(CCCc1ncc(Cl)cc1C(=O)NCc1ccc2c(N)nccc2c1)C(C)C. The zero-order chi connectivity index (χ0) is 23.3. The molecule has 170 valence electrons. The molecule has 1 aromatic carbocycles. The Bertz CT molecular complexity index is 1080. The van der Waals surface area contributed by atoms with Crippen LogP contribution in [0, 0.1) is 0 Å². The predicted octanol–water partition coefficient (Wildman–Crippen LogP) is 4.85. The van der Waals surface area contributed by atoms with E-state index in [9.17, 15) is 4.79 Å². The van der Waals surface area contributed by atoms with Gasteiger partial charge in [-0.15, -0.1) is 0 Å². The first-order chi connectivity index (χ1) is 15.3. The Morgan fingerprint density at radius 1 is 1.12 bits per heavy atom. The van der Waals surface area contributed by atoms with Gasteiger partial charge in [0.2, 0.25) is 0 Å². The molecule has 0 atom stereocenters. The number of hydrogen-bond acceptors (Lipinski definition) is 5. The van der Waals surface area contributed by atoms with E-state index in [0.29, 0.717) is 35.0 Å². The number of carbonyl (C=O) groups excluding carboxylic acids is 1. The predicted molar refractivity (Wildman–Crippen MR) is 132 cm³/mol. The first kappa shape index (κ1) is 24.0. The third-order valence-corrected chi connectivity index (χ3v) is 5.86.